The first-order chi connectivity index (χ1) is 13.0. The lowest BCUT2D eigenvalue weighted by atomic mass is 9.93. The summed E-state index contributed by atoms with van der Waals surface area (Å²) in [4.78, 5) is 29.7. The minimum absolute atomic E-state index is 0.0233. The highest BCUT2D eigenvalue weighted by Gasteiger charge is 2.42. The molecule has 144 valence electrons. The number of hydrogen-bond donors (Lipinski definition) is 0. The van der Waals surface area contributed by atoms with Crippen molar-refractivity contribution in [2.75, 3.05) is 13.1 Å². The number of aryl methyl sites for hydroxylation is 3. The number of piperidine rings is 1. The summed E-state index contributed by atoms with van der Waals surface area (Å²) in [7, 11) is 0. The predicted molar refractivity (Wildman–Crippen MR) is 96.8 cm³/mol. The molecule has 8 nitrogen and oxygen atoms in total. The number of rotatable bonds is 4. The third kappa shape index (κ3) is 3.13. The Balaban J connectivity index is 1.56. The van der Waals surface area contributed by atoms with E-state index in [2.05, 4.69) is 10.3 Å². The molecule has 0 aromatic carbocycles. The first kappa shape index (κ1) is 17.8. The van der Waals surface area contributed by atoms with Crippen LogP contribution in [-0.2, 0) is 17.9 Å². The molecule has 2 aromatic heterocycles. The highest BCUT2D eigenvalue weighted by atomic mass is 16.5. The van der Waals surface area contributed by atoms with E-state index in [0.717, 1.165) is 36.4 Å². The fourth-order valence-electron chi connectivity index (χ4n) is 4.14. The molecule has 2 amide bonds. The van der Waals surface area contributed by atoms with Crippen LogP contribution in [-0.4, -0.2) is 55.7 Å². The zero-order chi connectivity index (χ0) is 19.1. The molecule has 3 saturated heterocycles. The Labute approximate surface area is 158 Å². The molecule has 5 rings (SSSR count). The van der Waals surface area contributed by atoms with E-state index in [-0.39, 0.29) is 23.8 Å². The molecule has 0 N–H and O–H groups in total. The second-order valence-electron chi connectivity index (χ2n) is 7.49. The fraction of sp³-hybridized carbons (Fsp3) is 0.579. The van der Waals surface area contributed by atoms with E-state index in [9.17, 15) is 9.59 Å². The molecule has 0 spiro atoms. The van der Waals surface area contributed by atoms with Crippen LogP contribution in [0.3, 0.4) is 0 Å². The molecule has 2 aromatic rings. The predicted octanol–water partition coefficient (Wildman–Crippen LogP) is 1.77. The van der Waals surface area contributed by atoms with Gasteiger partial charge in [-0.15, -0.1) is 0 Å². The molecular weight excluding hydrogens is 346 g/mol. The van der Waals surface area contributed by atoms with Crippen LogP contribution >= 0.6 is 0 Å². The quantitative estimate of drug-likeness (QED) is 0.818. The van der Waals surface area contributed by atoms with Gasteiger partial charge in [-0.05, 0) is 33.6 Å². The second kappa shape index (κ2) is 6.83. The van der Waals surface area contributed by atoms with Crippen LogP contribution < -0.4 is 0 Å². The van der Waals surface area contributed by atoms with Crippen molar-refractivity contribution in [3.63, 3.8) is 0 Å². The van der Waals surface area contributed by atoms with Crippen molar-refractivity contribution in [1.82, 2.24) is 24.7 Å². The summed E-state index contributed by atoms with van der Waals surface area (Å²) in [5.41, 5.74) is 2.38. The van der Waals surface area contributed by atoms with E-state index in [0.29, 0.717) is 25.2 Å². The minimum atomic E-state index is -0.144. The van der Waals surface area contributed by atoms with Gasteiger partial charge in [-0.1, -0.05) is 5.16 Å². The number of carbonyl (C=O) groups is 2. The maximum Gasteiger partial charge on any atom is 0.257 e. The molecule has 0 saturated carbocycles. The average Bonchev–Trinajstić information content (AvgIpc) is 3.15. The van der Waals surface area contributed by atoms with Gasteiger partial charge in [0.1, 0.15) is 5.76 Å². The Kier molecular flexibility index (Phi) is 4.49. The Morgan fingerprint density at radius 2 is 2.11 bits per heavy atom. The Morgan fingerprint density at radius 3 is 2.78 bits per heavy atom. The fourth-order valence-corrected chi connectivity index (χ4v) is 4.14. The van der Waals surface area contributed by atoms with Crippen molar-refractivity contribution in [3.05, 3.63) is 35.0 Å². The summed E-state index contributed by atoms with van der Waals surface area (Å²) >= 11 is 0. The van der Waals surface area contributed by atoms with Crippen molar-refractivity contribution >= 4 is 11.8 Å². The molecule has 3 aliphatic heterocycles. The van der Waals surface area contributed by atoms with Gasteiger partial charge in [-0.2, -0.15) is 5.10 Å². The number of nitrogens with zero attached hydrogens (tertiary/aromatic N) is 5. The molecule has 5 heterocycles. The SMILES string of the molecule is CCn1cc(C(=O)N2CC3CCC(C2)N(Cc2c(C)noc2C)C3=O)cn1. The summed E-state index contributed by atoms with van der Waals surface area (Å²) in [6, 6.07) is 0.0233. The van der Waals surface area contributed by atoms with E-state index in [1.807, 2.05) is 30.6 Å². The zero-order valence-corrected chi connectivity index (χ0v) is 16.0. The highest BCUT2D eigenvalue weighted by molar-refractivity contribution is 5.94. The van der Waals surface area contributed by atoms with Gasteiger partial charge in [0, 0.05) is 37.4 Å². The lowest BCUT2D eigenvalue weighted by molar-refractivity contribution is -0.140. The lowest BCUT2D eigenvalue weighted by Crippen LogP contribution is -2.47. The minimum Gasteiger partial charge on any atom is -0.361 e. The second-order valence-corrected chi connectivity index (χ2v) is 7.49. The monoisotopic (exact) mass is 371 g/mol. The summed E-state index contributed by atoms with van der Waals surface area (Å²) < 4.78 is 7.00. The number of fused-ring (bicyclic) bond motifs is 4. The van der Waals surface area contributed by atoms with Gasteiger partial charge in [-0.3, -0.25) is 14.3 Å². The summed E-state index contributed by atoms with van der Waals surface area (Å²) in [6.07, 6.45) is 5.14. The van der Waals surface area contributed by atoms with Crippen LogP contribution in [0.2, 0.25) is 0 Å². The highest BCUT2D eigenvalue weighted by Crippen LogP contribution is 2.32. The van der Waals surface area contributed by atoms with Gasteiger partial charge in [0.05, 0.1) is 29.9 Å². The van der Waals surface area contributed by atoms with Crippen molar-refractivity contribution in [2.45, 2.75) is 52.7 Å². The maximum atomic E-state index is 13.0. The van der Waals surface area contributed by atoms with Gasteiger partial charge in [0.15, 0.2) is 0 Å². The van der Waals surface area contributed by atoms with Gasteiger partial charge in [-0.25, -0.2) is 0 Å². The molecule has 0 radical (unpaired) electrons. The Morgan fingerprint density at radius 1 is 1.30 bits per heavy atom. The van der Waals surface area contributed by atoms with Gasteiger partial charge in [0.2, 0.25) is 5.91 Å². The molecule has 2 atom stereocenters. The van der Waals surface area contributed by atoms with Gasteiger partial charge in [0.25, 0.3) is 5.91 Å². The molecule has 2 bridgehead atoms. The summed E-state index contributed by atoms with van der Waals surface area (Å²) in [6.45, 7) is 8.01. The van der Waals surface area contributed by atoms with Crippen molar-refractivity contribution in [3.8, 4) is 0 Å². The van der Waals surface area contributed by atoms with E-state index in [1.165, 1.54) is 0 Å². The smallest absolute Gasteiger partial charge is 0.257 e. The van der Waals surface area contributed by atoms with Crippen LogP contribution in [0.5, 0.6) is 0 Å². The molecular formula is C19H25N5O3. The third-order valence-corrected chi connectivity index (χ3v) is 5.79. The molecule has 27 heavy (non-hydrogen) atoms. The third-order valence-electron chi connectivity index (χ3n) is 5.79. The standard InChI is InChI=1S/C19H25N5O3/c1-4-23-9-15(7-20-23)18(25)22-8-14-5-6-16(10-22)24(19(14)26)11-17-12(2)21-27-13(17)3/h7,9,14,16H,4-6,8,10-11H2,1-3H3. The van der Waals surface area contributed by atoms with Crippen molar-refractivity contribution in [2.24, 2.45) is 5.92 Å². The largest absolute Gasteiger partial charge is 0.361 e. The number of aromatic nitrogens is 3. The van der Waals surface area contributed by atoms with Gasteiger partial charge < -0.3 is 14.3 Å². The van der Waals surface area contributed by atoms with E-state index in [1.54, 1.807) is 17.1 Å². The maximum absolute atomic E-state index is 13.0. The summed E-state index contributed by atoms with van der Waals surface area (Å²) in [5.74, 6) is 0.694. The molecule has 8 heteroatoms. The van der Waals surface area contributed by atoms with Crippen LogP contribution in [0.15, 0.2) is 16.9 Å². The molecule has 3 aliphatic rings. The Hall–Kier alpha value is -2.64. The van der Waals surface area contributed by atoms with Crippen LogP contribution in [0.25, 0.3) is 0 Å². The van der Waals surface area contributed by atoms with E-state index >= 15 is 0 Å². The van der Waals surface area contributed by atoms with Crippen LogP contribution in [0.1, 0.15) is 47.1 Å². The first-order valence-corrected chi connectivity index (χ1v) is 9.51. The average molecular weight is 371 g/mol. The van der Waals surface area contributed by atoms with Crippen molar-refractivity contribution < 1.29 is 14.1 Å². The number of amides is 2. The van der Waals surface area contributed by atoms with Gasteiger partial charge >= 0.3 is 0 Å². The van der Waals surface area contributed by atoms with Crippen molar-refractivity contribution in [1.29, 1.82) is 0 Å². The van der Waals surface area contributed by atoms with Crippen LogP contribution in [0.4, 0.5) is 0 Å². The lowest BCUT2D eigenvalue weighted by Gasteiger charge is -2.35. The number of hydrogen-bond acceptors (Lipinski definition) is 5. The Bertz CT molecular complexity index is 851. The van der Waals surface area contributed by atoms with Crippen LogP contribution in [0, 0.1) is 19.8 Å². The molecule has 0 aliphatic carbocycles. The number of carbonyl (C=O) groups excluding carboxylic acids is 2. The van der Waals surface area contributed by atoms with E-state index in [4.69, 9.17) is 4.52 Å². The zero-order valence-electron chi connectivity index (χ0n) is 16.0. The van der Waals surface area contributed by atoms with E-state index < -0.39 is 0 Å². The topological polar surface area (TPSA) is 84.5 Å². The molecule has 3 fully saturated rings. The first-order valence-electron chi connectivity index (χ1n) is 9.51. The molecule has 2 unspecified atom stereocenters. The summed E-state index contributed by atoms with van der Waals surface area (Å²) in [5, 5.41) is 8.20. The normalized spacial score (nSPS) is 22.4.